The predicted octanol–water partition coefficient (Wildman–Crippen LogP) is 1.46. The van der Waals surface area contributed by atoms with Crippen LogP contribution in [0.2, 0.25) is 0 Å². The molecule has 0 atom stereocenters. The van der Waals surface area contributed by atoms with Crippen molar-refractivity contribution in [1.29, 1.82) is 0 Å². The van der Waals surface area contributed by atoms with Crippen LogP contribution in [-0.4, -0.2) is 5.11 Å². The maximum absolute atomic E-state index is 13.0. The summed E-state index contributed by atoms with van der Waals surface area (Å²) >= 11 is 4.59. The van der Waals surface area contributed by atoms with E-state index in [1.165, 1.54) is 12.1 Å². The van der Waals surface area contributed by atoms with Crippen LogP contribution < -0.4 is 11.1 Å². The Bertz CT molecular complexity index is 382. The normalized spacial score (nSPS) is 8.92. The second-order valence-corrected chi connectivity index (χ2v) is 2.77. The fraction of sp³-hybridized carbons (Fsp3) is 0. The second kappa shape index (κ2) is 3.87. The second-order valence-electron chi connectivity index (χ2n) is 2.33. The Hall–Kier alpha value is -1.60. The number of thiocarbonyl (C=S) groups is 1. The van der Waals surface area contributed by atoms with E-state index in [9.17, 15) is 4.39 Å². The van der Waals surface area contributed by atoms with Gasteiger partial charge in [0.1, 0.15) is 5.82 Å². The topological polar surface area (TPSA) is 38.0 Å². The van der Waals surface area contributed by atoms with Crippen LogP contribution in [0, 0.1) is 18.2 Å². The van der Waals surface area contributed by atoms with Crippen LogP contribution >= 0.6 is 12.2 Å². The molecule has 0 unspecified atom stereocenters. The van der Waals surface area contributed by atoms with Crippen LogP contribution in [0.25, 0.3) is 0 Å². The molecule has 13 heavy (non-hydrogen) atoms. The molecule has 0 saturated heterocycles. The van der Waals surface area contributed by atoms with Gasteiger partial charge in [-0.1, -0.05) is 5.92 Å². The van der Waals surface area contributed by atoms with Gasteiger partial charge < -0.3 is 11.1 Å². The third-order valence-corrected chi connectivity index (χ3v) is 1.49. The van der Waals surface area contributed by atoms with Gasteiger partial charge in [0, 0.05) is 5.69 Å². The Balaban J connectivity index is 2.97. The third kappa shape index (κ3) is 2.42. The first kappa shape index (κ1) is 9.49. The van der Waals surface area contributed by atoms with E-state index in [4.69, 9.17) is 12.2 Å². The van der Waals surface area contributed by atoms with Crippen molar-refractivity contribution < 1.29 is 4.39 Å². The standard InChI is InChI=1S/C9H7FN2S/c1-2-6-3-4-7(5-8(6)10)12-9(11)13/h1,3-5H,(H3,11,12,13). The van der Waals surface area contributed by atoms with Gasteiger partial charge in [-0.2, -0.15) is 0 Å². The first-order valence-corrected chi connectivity index (χ1v) is 3.87. The lowest BCUT2D eigenvalue weighted by atomic mass is 10.2. The van der Waals surface area contributed by atoms with Crippen LogP contribution in [0.3, 0.4) is 0 Å². The lowest BCUT2D eigenvalue weighted by Gasteiger charge is -2.03. The Labute approximate surface area is 80.9 Å². The molecule has 2 nitrogen and oxygen atoms in total. The fourth-order valence-electron chi connectivity index (χ4n) is 0.852. The largest absolute Gasteiger partial charge is 0.376 e. The maximum atomic E-state index is 13.0. The molecule has 0 heterocycles. The van der Waals surface area contributed by atoms with Gasteiger partial charge in [0.2, 0.25) is 0 Å². The molecule has 0 aromatic heterocycles. The third-order valence-electron chi connectivity index (χ3n) is 1.39. The summed E-state index contributed by atoms with van der Waals surface area (Å²) < 4.78 is 13.0. The summed E-state index contributed by atoms with van der Waals surface area (Å²) in [6.07, 6.45) is 5.04. The molecule has 0 spiro atoms. The first-order chi connectivity index (χ1) is 6.13. The van der Waals surface area contributed by atoms with E-state index in [1.807, 2.05) is 0 Å². The van der Waals surface area contributed by atoms with Crippen molar-refractivity contribution in [1.82, 2.24) is 0 Å². The van der Waals surface area contributed by atoms with E-state index in [2.05, 4.69) is 23.5 Å². The zero-order chi connectivity index (χ0) is 9.84. The summed E-state index contributed by atoms with van der Waals surface area (Å²) in [6, 6.07) is 4.34. The smallest absolute Gasteiger partial charge is 0.168 e. The lowest BCUT2D eigenvalue weighted by Crippen LogP contribution is -2.18. The van der Waals surface area contributed by atoms with E-state index < -0.39 is 5.82 Å². The van der Waals surface area contributed by atoms with E-state index in [0.29, 0.717) is 5.69 Å². The number of hydrogen-bond acceptors (Lipinski definition) is 1. The predicted molar refractivity (Wildman–Crippen MR) is 54.7 cm³/mol. The number of halogens is 1. The Kier molecular flexibility index (Phi) is 2.83. The van der Waals surface area contributed by atoms with E-state index in [0.717, 1.165) is 0 Å². The average molecular weight is 194 g/mol. The molecule has 0 bridgehead atoms. The minimum Gasteiger partial charge on any atom is -0.376 e. The number of nitrogens with one attached hydrogen (secondary N) is 1. The highest BCUT2D eigenvalue weighted by atomic mass is 32.1. The van der Waals surface area contributed by atoms with E-state index >= 15 is 0 Å². The van der Waals surface area contributed by atoms with Gasteiger partial charge in [0.25, 0.3) is 0 Å². The van der Waals surface area contributed by atoms with Crippen LogP contribution in [0.4, 0.5) is 10.1 Å². The van der Waals surface area contributed by atoms with Crippen molar-refractivity contribution in [2.24, 2.45) is 5.73 Å². The SMILES string of the molecule is C#Cc1ccc(NC(N)=S)cc1F. The summed E-state index contributed by atoms with van der Waals surface area (Å²) in [5, 5.41) is 2.69. The van der Waals surface area contributed by atoms with Gasteiger partial charge in [0.15, 0.2) is 5.11 Å². The number of rotatable bonds is 1. The molecule has 1 aromatic rings. The van der Waals surface area contributed by atoms with Gasteiger partial charge in [0.05, 0.1) is 5.56 Å². The molecular weight excluding hydrogens is 187 g/mol. The Morgan fingerprint density at radius 1 is 1.62 bits per heavy atom. The van der Waals surface area contributed by atoms with Crippen molar-refractivity contribution in [3.8, 4) is 12.3 Å². The quantitative estimate of drug-likeness (QED) is 0.525. The van der Waals surface area contributed by atoms with E-state index in [-0.39, 0.29) is 10.7 Å². The molecule has 0 aliphatic carbocycles. The van der Waals surface area contributed by atoms with Gasteiger partial charge >= 0.3 is 0 Å². The highest BCUT2D eigenvalue weighted by molar-refractivity contribution is 7.80. The van der Waals surface area contributed by atoms with Crippen molar-refractivity contribution >= 4 is 23.0 Å². The molecule has 0 fully saturated rings. The minimum absolute atomic E-state index is 0.0906. The molecule has 0 saturated carbocycles. The molecule has 0 radical (unpaired) electrons. The van der Waals surface area contributed by atoms with Crippen molar-refractivity contribution in [3.63, 3.8) is 0 Å². The van der Waals surface area contributed by atoms with E-state index in [1.54, 1.807) is 6.07 Å². The molecule has 1 rings (SSSR count). The number of benzene rings is 1. The Morgan fingerprint density at radius 2 is 2.31 bits per heavy atom. The molecule has 3 N–H and O–H groups in total. The monoisotopic (exact) mass is 194 g/mol. The van der Waals surface area contributed by atoms with Gasteiger partial charge in [-0.05, 0) is 30.4 Å². The van der Waals surface area contributed by atoms with Gasteiger partial charge in [-0.25, -0.2) is 4.39 Å². The van der Waals surface area contributed by atoms with Crippen molar-refractivity contribution in [3.05, 3.63) is 29.6 Å². The summed E-state index contributed by atoms with van der Waals surface area (Å²) in [7, 11) is 0. The van der Waals surface area contributed by atoms with Gasteiger partial charge in [-0.3, -0.25) is 0 Å². The molecule has 0 aliphatic heterocycles. The molecule has 0 aliphatic rings. The summed E-state index contributed by atoms with van der Waals surface area (Å²) in [5.74, 6) is 1.74. The number of terminal acetylenes is 1. The molecule has 4 heteroatoms. The number of anilines is 1. The van der Waals surface area contributed by atoms with Crippen LogP contribution in [0.5, 0.6) is 0 Å². The highest BCUT2D eigenvalue weighted by Gasteiger charge is 2.00. The number of hydrogen-bond donors (Lipinski definition) is 2. The minimum atomic E-state index is -0.469. The molecule has 0 amide bonds. The Morgan fingerprint density at radius 3 is 2.77 bits per heavy atom. The summed E-state index contributed by atoms with van der Waals surface area (Å²) in [5.41, 5.74) is 5.91. The van der Waals surface area contributed by atoms with Crippen LogP contribution in [0.1, 0.15) is 5.56 Å². The molecule has 1 aromatic carbocycles. The summed E-state index contributed by atoms with van der Waals surface area (Å²) in [4.78, 5) is 0. The molecular formula is C9H7FN2S. The lowest BCUT2D eigenvalue weighted by molar-refractivity contribution is 0.625. The van der Waals surface area contributed by atoms with Crippen molar-refractivity contribution in [2.75, 3.05) is 5.32 Å². The van der Waals surface area contributed by atoms with Crippen LogP contribution in [0.15, 0.2) is 18.2 Å². The highest BCUT2D eigenvalue weighted by Crippen LogP contribution is 2.13. The fourth-order valence-corrected chi connectivity index (χ4v) is 0.970. The van der Waals surface area contributed by atoms with Crippen LogP contribution in [-0.2, 0) is 0 Å². The molecule has 66 valence electrons. The number of nitrogens with two attached hydrogens (primary N) is 1. The maximum Gasteiger partial charge on any atom is 0.168 e. The zero-order valence-corrected chi connectivity index (χ0v) is 7.49. The zero-order valence-electron chi connectivity index (χ0n) is 6.67. The van der Waals surface area contributed by atoms with Gasteiger partial charge in [-0.15, -0.1) is 6.42 Å². The summed E-state index contributed by atoms with van der Waals surface area (Å²) in [6.45, 7) is 0. The average Bonchev–Trinajstić information content (AvgIpc) is 2.03. The first-order valence-electron chi connectivity index (χ1n) is 3.46. The van der Waals surface area contributed by atoms with Crippen molar-refractivity contribution in [2.45, 2.75) is 0 Å².